The first kappa shape index (κ1) is 12.4. The number of imidazole rings is 1. The molecule has 3 rings (SSSR count). The van der Waals surface area contributed by atoms with Crippen molar-refractivity contribution in [2.45, 2.75) is 32.7 Å². The number of hydrogen-bond acceptors (Lipinski definition) is 2. The monoisotopic (exact) mass is 255 g/mol. The van der Waals surface area contributed by atoms with Crippen molar-refractivity contribution in [3.05, 3.63) is 48.5 Å². The molecule has 0 radical (unpaired) electrons. The average Bonchev–Trinajstić information content (AvgIpc) is 2.95. The van der Waals surface area contributed by atoms with Crippen LogP contribution in [0.4, 0.5) is 0 Å². The third-order valence-corrected chi connectivity index (χ3v) is 4.13. The van der Waals surface area contributed by atoms with E-state index in [1.54, 1.807) is 6.20 Å². The molecule has 1 aliphatic rings. The Morgan fingerprint density at radius 1 is 1.32 bits per heavy atom. The summed E-state index contributed by atoms with van der Waals surface area (Å²) in [5.74, 6) is 0. The van der Waals surface area contributed by atoms with Crippen LogP contribution >= 0.6 is 0 Å². The number of benzene rings is 1. The van der Waals surface area contributed by atoms with Crippen LogP contribution in [-0.2, 0) is 0 Å². The SMILES string of the molecule is CC(NCC1(C)CC1)c1ccc(-n2ccnc2)cc1. The minimum atomic E-state index is 0.411. The van der Waals surface area contributed by atoms with Gasteiger partial charge in [-0.3, -0.25) is 0 Å². The van der Waals surface area contributed by atoms with E-state index in [2.05, 4.69) is 48.4 Å². The zero-order valence-electron chi connectivity index (χ0n) is 11.6. The zero-order valence-corrected chi connectivity index (χ0v) is 11.6. The summed E-state index contributed by atoms with van der Waals surface area (Å²) < 4.78 is 2.02. The second kappa shape index (κ2) is 4.82. The van der Waals surface area contributed by atoms with E-state index >= 15 is 0 Å². The van der Waals surface area contributed by atoms with Crippen molar-refractivity contribution < 1.29 is 0 Å². The van der Waals surface area contributed by atoms with Crippen molar-refractivity contribution in [2.24, 2.45) is 5.41 Å². The molecule has 1 heterocycles. The summed E-state index contributed by atoms with van der Waals surface area (Å²) in [6.45, 7) is 5.71. The van der Waals surface area contributed by atoms with Gasteiger partial charge >= 0.3 is 0 Å². The van der Waals surface area contributed by atoms with Crippen LogP contribution in [0.1, 0.15) is 38.3 Å². The van der Waals surface area contributed by atoms with Crippen LogP contribution in [-0.4, -0.2) is 16.1 Å². The molecular formula is C16H21N3. The van der Waals surface area contributed by atoms with Crippen LogP contribution in [0.25, 0.3) is 5.69 Å². The summed E-state index contributed by atoms with van der Waals surface area (Å²) >= 11 is 0. The smallest absolute Gasteiger partial charge is 0.0991 e. The van der Waals surface area contributed by atoms with E-state index in [1.807, 2.05) is 17.1 Å². The zero-order chi connectivity index (χ0) is 13.3. The Kier molecular flexibility index (Phi) is 3.15. The molecule has 1 aromatic heterocycles. The first-order valence-corrected chi connectivity index (χ1v) is 6.98. The van der Waals surface area contributed by atoms with Crippen molar-refractivity contribution in [1.82, 2.24) is 14.9 Å². The van der Waals surface area contributed by atoms with E-state index in [0.29, 0.717) is 11.5 Å². The van der Waals surface area contributed by atoms with Crippen molar-refractivity contribution >= 4 is 0 Å². The van der Waals surface area contributed by atoms with Gasteiger partial charge in [-0.05, 0) is 42.9 Å². The van der Waals surface area contributed by atoms with Gasteiger partial charge in [-0.25, -0.2) is 4.98 Å². The lowest BCUT2D eigenvalue weighted by Crippen LogP contribution is -2.25. The van der Waals surface area contributed by atoms with Crippen molar-refractivity contribution in [1.29, 1.82) is 0 Å². The van der Waals surface area contributed by atoms with Gasteiger partial charge in [0.15, 0.2) is 0 Å². The molecule has 1 aromatic carbocycles. The number of rotatable bonds is 5. The summed E-state index contributed by atoms with van der Waals surface area (Å²) in [6, 6.07) is 9.10. The minimum absolute atomic E-state index is 0.411. The molecular weight excluding hydrogens is 234 g/mol. The van der Waals surface area contributed by atoms with E-state index < -0.39 is 0 Å². The van der Waals surface area contributed by atoms with Gasteiger partial charge in [0.2, 0.25) is 0 Å². The van der Waals surface area contributed by atoms with Gasteiger partial charge in [0.1, 0.15) is 0 Å². The quantitative estimate of drug-likeness (QED) is 0.888. The number of nitrogens with zero attached hydrogens (tertiary/aromatic N) is 2. The molecule has 3 heteroatoms. The lowest BCUT2D eigenvalue weighted by molar-refractivity contribution is 0.457. The fourth-order valence-corrected chi connectivity index (χ4v) is 2.25. The van der Waals surface area contributed by atoms with E-state index in [4.69, 9.17) is 0 Å². The van der Waals surface area contributed by atoms with Crippen LogP contribution < -0.4 is 5.32 Å². The molecule has 100 valence electrons. The first-order chi connectivity index (χ1) is 9.16. The van der Waals surface area contributed by atoms with E-state index in [-0.39, 0.29) is 0 Å². The Morgan fingerprint density at radius 3 is 2.63 bits per heavy atom. The molecule has 1 fully saturated rings. The van der Waals surface area contributed by atoms with Gasteiger partial charge in [-0.2, -0.15) is 0 Å². The van der Waals surface area contributed by atoms with Crippen LogP contribution in [0.3, 0.4) is 0 Å². The lowest BCUT2D eigenvalue weighted by Gasteiger charge is -2.17. The summed E-state index contributed by atoms with van der Waals surface area (Å²) in [5.41, 5.74) is 3.06. The summed E-state index contributed by atoms with van der Waals surface area (Å²) in [7, 11) is 0. The highest BCUT2D eigenvalue weighted by Gasteiger charge is 2.36. The maximum absolute atomic E-state index is 4.07. The Bertz CT molecular complexity index is 524. The van der Waals surface area contributed by atoms with Crippen molar-refractivity contribution in [2.75, 3.05) is 6.54 Å². The molecule has 1 atom stereocenters. The molecule has 1 aliphatic carbocycles. The summed E-state index contributed by atoms with van der Waals surface area (Å²) in [4.78, 5) is 4.07. The predicted octanol–water partition coefficient (Wildman–Crippen LogP) is 3.32. The van der Waals surface area contributed by atoms with Crippen molar-refractivity contribution in [3.63, 3.8) is 0 Å². The molecule has 19 heavy (non-hydrogen) atoms. The molecule has 1 N–H and O–H groups in total. The van der Waals surface area contributed by atoms with Crippen LogP contribution in [0.2, 0.25) is 0 Å². The molecule has 0 spiro atoms. The maximum Gasteiger partial charge on any atom is 0.0991 e. The van der Waals surface area contributed by atoms with E-state index in [9.17, 15) is 0 Å². The molecule has 0 amide bonds. The number of nitrogens with one attached hydrogen (secondary N) is 1. The predicted molar refractivity (Wildman–Crippen MR) is 77.3 cm³/mol. The van der Waals surface area contributed by atoms with Gasteiger partial charge in [0, 0.05) is 30.7 Å². The second-order valence-electron chi connectivity index (χ2n) is 5.97. The second-order valence-corrected chi connectivity index (χ2v) is 5.97. The highest BCUT2D eigenvalue weighted by atomic mass is 15.0. The Labute approximate surface area is 114 Å². The summed E-state index contributed by atoms with van der Waals surface area (Å²) in [6.07, 6.45) is 8.32. The minimum Gasteiger partial charge on any atom is -0.310 e. The van der Waals surface area contributed by atoms with Gasteiger partial charge in [0.05, 0.1) is 6.33 Å². The Balaban J connectivity index is 1.64. The highest BCUT2D eigenvalue weighted by Crippen LogP contribution is 2.44. The van der Waals surface area contributed by atoms with Crippen LogP contribution in [0.5, 0.6) is 0 Å². The molecule has 3 nitrogen and oxygen atoms in total. The van der Waals surface area contributed by atoms with Gasteiger partial charge in [0.25, 0.3) is 0 Å². The van der Waals surface area contributed by atoms with Gasteiger partial charge in [-0.1, -0.05) is 19.1 Å². The molecule has 0 bridgehead atoms. The van der Waals surface area contributed by atoms with Gasteiger partial charge < -0.3 is 9.88 Å². The number of aromatic nitrogens is 2. The fourth-order valence-electron chi connectivity index (χ4n) is 2.25. The van der Waals surface area contributed by atoms with Gasteiger partial charge in [-0.15, -0.1) is 0 Å². The van der Waals surface area contributed by atoms with E-state index in [1.165, 1.54) is 18.4 Å². The fraction of sp³-hybridized carbons (Fsp3) is 0.438. The number of hydrogen-bond donors (Lipinski definition) is 1. The summed E-state index contributed by atoms with van der Waals surface area (Å²) in [5, 5.41) is 3.64. The molecule has 1 saturated carbocycles. The standard InChI is InChI=1S/C16H21N3/c1-13(18-11-16(2)7-8-16)14-3-5-15(6-4-14)19-10-9-17-12-19/h3-6,9-10,12-13,18H,7-8,11H2,1-2H3. The maximum atomic E-state index is 4.07. The average molecular weight is 255 g/mol. The van der Waals surface area contributed by atoms with Crippen molar-refractivity contribution in [3.8, 4) is 5.69 Å². The van der Waals surface area contributed by atoms with Crippen LogP contribution in [0.15, 0.2) is 43.0 Å². The normalized spacial score (nSPS) is 18.2. The Morgan fingerprint density at radius 2 is 2.05 bits per heavy atom. The van der Waals surface area contributed by atoms with E-state index in [0.717, 1.165) is 12.2 Å². The highest BCUT2D eigenvalue weighted by molar-refractivity contribution is 5.35. The van der Waals surface area contributed by atoms with Crippen LogP contribution in [0, 0.1) is 5.41 Å². The molecule has 0 aliphatic heterocycles. The molecule has 1 unspecified atom stereocenters. The topological polar surface area (TPSA) is 29.9 Å². The first-order valence-electron chi connectivity index (χ1n) is 6.98. The largest absolute Gasteiger partial charge is 0.310 e. The molecule has 0 saturated heterocycles. The third-order valence-electron chi connectivity index (χ3n) is 4.13. The molecule has 2 aromatic rings. The lowest BCUT2D eigenvalue weighted by atomic mass is 10.1. The third kappa shape index (κ3) is 2.87. The Hall–Kier alpha value is -1.61.